The number of benzene rings is 1. The van der Waals surface area contributed by atoms with Crippen LogP contribution in [0, 0.1) is 25.2 Å². The first-order valence-electron chi connectivity index (χ1n) is 5.90. The second-order valence-electron chi connectivity index (χ2n) is 4.26. The molecule has 0 aliphatic rings. The molecule has 1 N–H and O–H groups in total. The number of hydrogen-bond donors (Lipinski definition) is 1. The molecule has 0 aliphatic carbocycles. The zero-order chi connectivity index (χ0) is 14.7. The Labute approximate surface area is 116 Å². The molecule has 0 saturated carbocycles. The van der Waals surface area contributed by atoms with Gasteiger partial charge in [-0.05, 0) is 32.0 Å². The van der Waals surface area contributed by atoms with Gasteiger partial charge in [0.1, 0.15) is 5.75 Å². The summed E-state index contributed by atoms with van der Waals surface area (Å²) in [7, 11) is 0. The van der Waals surface area contributed by atoms with Crippen LogP contribution in [0.2, 0.25) is 0 Å². The number of rotatable bonds is 3. The fraction of sp³-hybridized carbons (Fsp3) is 0.133. The van der Waals surface area contributed by atoms with E-state index in [4.69, 9.17) is 15.1 Å². The van der Waals surface area contributed by atoms with Crippen molar-refractivity contribution in [2.75, 3.05) is 0 Å². The minimum Gasteiger partial charge on any atom is -0.478 e. The molecule has 5 heteroatoms. The summed E-state index contributed by atoms with van der Waals surface area (Å²) in [5.41, 5.74) is 1.67. The highest BCUT2D eigenvalue weighted by Gasteiger charge is 2.15. The van der Waals surface area contributed by atoms with E-state index in [0.29, 0.717) is 28.3 Å². The fourth-order valence-corrected chi connectivity index (χ4v) is 1.82. The molecule has 1 aromatic carbocycles. The first kappa shape index (κ1) is 13.6. The Morgan fingerprint density at radius 1 is 1.40 bits per heavy atom. The minimum atomic E-state index is -1.05. The van der Waals surface area contributed by atoms with Crippen LogP contribution >= 0.6 is 0 Å². The van der Waals surface area contributed by atoms with Gasteiger partial charge in [-0.15, -0.1) is 0 Å². The Morgan fingerprint density at radius 3 is 2.80 bits per heavy atom. The lowest BCUT2D eigenvalue weighted by molar-refractivity contribution is 0.0695. The molecule has 1 heterocycles. The number of hydrogen-bond acceptors (Lipinski definition) is 4. The number of aromatic nitrogens is 1. The molecule has 0 saturated heterocycles. The Kier molecular flexibility index (Phi) is 3.67. The third-order valence-electron chi connectivity index (χ3n) is 2.87. The normalized spacial score (nSPS) is 9.85. The Balaban J connectivity index is 2.45. The number of aryl methyl sites for hydroxylation is 1. The first-order chi connectivity index (χ1) is 9.52. The molecule has 0 bridgehead atoms. The SMILES string of the molecule is Cc1ncc(C(=O)O)c(C)c1Oc1cccc(C#N)c1. The quantitative estimate of drug-likeness (QED) is 0.924. The molecule has 0 radical (unpaired) electrons. The summed E-state index contributed by atoms with van der Waals surface area (Å²) in [6, 6.07) is 8.68. The second kappa shape index (κ2) is 5.41. The van der Waals surface area contributed by atoms with Gasteiger partial charge < -0.3 is 9.84 Å². The van der Waals surface area contributed by atoms with Crippen LogP contribution in [0.25, 0.3) is 0 Å². The van der Waals surface area contributed by atoms with Crippen LogP contribution in [0.1, 0.15) is 27.2 Å². The maximum Gasteiger partial charge on any atom is 0.337 e. The van der Waals surface area contributed by atoms with Crippen LogP contribution in [0.15, 0.2) is 30.5 Å². The van der Waals surface area contributed by atoms with Gasteiger partial charge in [-0.1, -0.05) is 6.07 Å². The van der Waals surface area contributed by atoms with Gasteiger partial charge in [-0.25, -0.2) is 4.79 Å². The van der Waals surface area contributed by atoms with Crippen LogP contribution in [0.3, 0.4) is 0 Å². The average molecular weight is 268 g/mol. The van der Waals surface area contributed by atoms with Gasteiger partial charge in [0.25, 0.3) is 0 Å². The number of pyridine rings is 1. The molecule has 0 spiro atoms. The van der Waals surface area contributed by atoms with E-state index in [1.807, 2.05) is 6.07 Å². The van der Waals surface area contributed by atoms with Gasteiger partial charge in [0.05, 0.1) is 22.9 Å². The monoisotopic (exact) mass is 268 g/mol. The maximum atomic E-state index is 11.1. The largest absolute Gasteiger partial charge is 0.478 e. The molecular formula is C15H12N2O3. The number of nitrogens with zero attached hydrogens (tertiary/aromatic N) is 2. The summed E-state index contributed by atoms with van der Waals surface area (Å²) in [5, 5.41) is 17.9. The molecule has 2 rings (SSSR count). The average Bonchev–Trinajstić information content (AvgIpc) is 2.43. The molecule has 5 nitrogen and oxygen atoms in total. The van der Waals surface area contributed by atoms with Crippen molar-refractivity contribution in [2.45, 2.75) is 13.8 Å². The molecule has 100 valence electrons. The van der Waals surface area contributed by atoms with Gasteiger partial charge in [-0.3, -0.25) is 4.98 Å². The lowest BCUT2D eigenvalue weighted by Gasteiger charge is -2.12. The number of nitriles is 1. The molecule has 20 heavy (non-hydrogen) atoms. The maximum absolute atomic E-state index is 11.1. The summed E-state index contributed by atoms with van der Waals surface area (Å²) < 4.78 is 5.70. The van der Waals surface area contributed by atoms with Crippen LogP contribution < -0.4 is 4.74 Å². The molecule has 0 fully saturated rings. The predicted molar refractivity (Wildman–Crippen MR) is 71.9 cm³/mol. The van der Waals surface area contributed by atoms with E-state index in [1.54, 1.807) is 38.1 Å². The van der Waals surface area contributed by atoms with Crippen LogP contribution in [0.4, 0.5) is 0 Å². The number of carboxylic acids is 1. The highest BCUT2D eigenvalue weighted by Crippen LogP contribution is 2.29. The lowest BCUT2D eigenvalue weighted by atomic mass is 10.1. The van der Waals surface area contributed by atoms with Crippen LogP contribution in [0.5, 0.6) is 11.5 Å². The fourth-order valence-electron chi connectivity index (χ4n) is 1.82. The highest BCUT2D eigenvalue weighted by atomic mass is 16.5. The summed E-state index contributed by atoms with van der Waals surface area (Å²) in [4.78, 5) is 15.1. The van der Waals surface area contributed by atoms with Crippen molar-refractivity contribution in [3.05, 3.63) is 52.8 Å². The van der Waals surface area contributed by atoms with E-state index in [1.165, 1.54) is 6.20 Å². The zero-order valence-corrected chi connectivity index (χ0v) is 11.0. The van der Waals surface area contributed by atoms with Gasteiger partial charge in [0, 0.05) is 11.8 Å². The predicted octanol–water partition coefficient (Wildman–Crippen LogP) is 3.06. The summed E-state index contributed by atoms with van der Waals surface area (Å²) in [5.74, 6) is -0.176. The second-order valence-corrected chi connectivity index (χ2v) is 4.26. The molecule has 2 aromatic rings. The van der Waals surface area contributed by atoms with Crippen molar-refractivity contribution >= 4 is 5.97 Å². The first-order valence-corrected chi connectivity index (χ1v) is 5.90. The van der Waals surface area contributed by atoms with E-state index in [9.17, 15) is 4.79 Å². The Bertz CT molecular complexity index is 718. The van der Waals surface area contributed by atoms with E-state index in [2.05, 4.69) is 4.98 Å². The van der Waals surface area contributed by atoms with Crippen LogP contribution in [-0.4, -0.2) is 16.1 Å². The standard InChI is InChI=1S/C15H12N2O3/c1-9-13(15(18)19)8-17-10(2)14(9)20-12-5-3-4-11(6-12)7-16/h3-6,8H,1-2H3,(H,18,19). The number of carbonyl (C=O) groups is 1. The molecule has 1 aromatic heterocycles. The molecule has 0 unspecified atom stereocenters. The number of carboxylic acid groups (broad SMARTS) is 1. The van der Waals surface area contributed by atoms with E-state index >= 15 is 0 Å². The van der Waals surface area contributed by atoms with Gasteiger partial charge in [-0.2, -0.15) is 5.26 Å². The van der Waals surface area contributed by atoms with Crippen LogP contribution in [-0.2, 0) is 0 Å². The third-order valence-corrected chi connectivity index (χ3v) is 2.87. The van der Waals surface area contributed by atoms with Crippen molar-refractivity contribution in [3.8, 4) is 17.6 Å². The summed E-state index contributed by atoms with van der Waals surface area (Å²) in [6.07, 6.45) is 1.31. The molecule has 0 amide bonds. The number of ether oxygens (including phenoxy) is 1. The van der Waals surface area contributed by atoms with E-state index in [0.717, 1.165) is 0 Å². The molecule has 0 aliphatic heterocycles. The van der Waals surface area contributed by atoms with Crippen molar-refractivity contribution in [2.24, 2.45) is 0 Å². The van der Waals surface area contributed by atoms with Crippen molar-refractivity contribution < 1.29 is 14.6 Å². The number of aromatic carboxylic acids is 1. The van der Waals surface area contributed by atoms with E-state index in [-0.39, 0.29) is 5.56 Å². The Morgan fingerprint density at radius 2 is 2.15 bits per heavy atom. The summed E-state index contributed by atoms with van der Waals surface area (Å²) >= 11 is 0. The van der Waals surface area contributed by atoms with Crippen molar-refractivity contribution in [1.29, 1.82) is 5.26 Å². The smallest absolute Gasteiger partial charge is 0.337 e. The van der Waals surface area contributed by atoms with Gasteiger partial charge >= 0.3 is 5.97 Å². The van der Waals surface area contributed by atoms with E-state index < -0.39 is 5.97 Å². The lowest BCUT2D eigenvalue weighted by Crippen LogP contribution is -2.04. The van der Waals surface area contributed by atoms with Gasteiger partial charge in [0.2, 0.25) is 0 Å². The highest BCUT2D eigenvalue weighted by molar-refractivity contribution is 5.89. The third kappa shape index (κ3) is 2.59. The zero-order valence-electron chi connectivity index (χ0n) is 11.0. The minimum absolute atomic E-state index is 0.0991. The van der Waals surface area contributed by atoms with Crippen molar-refractivity contribution in [1.82, 2.24) is 4.98 Å². The van der Waals surface area contributed by atoms with Gasteiger partial charge in [0.15, 0.2) is 5.75 Å². The molecule has 0 atom stereocenters. The molecular weight excluding hydrogens is 256 g/mol. The topological polar surface area (TPSA) is 83.2 Å². The Hall–Kier alpha value is -2.87. The van der Waals surface area contributed by atoms with Crippen molar-refractivity contribution in [3.63, 3.8) is 0 Å². The summed E-state index contributed by atoms with van der Waals surface area (Å²) in [6.45, 7) is 3.41.